The smallest absolute Gasteiger partial charge is 0.255 e. The summed E-state index contributed by atoms with van der Waals surface area (Å²) in [6.45, 7) is 1.63. The van der Waals surface area contributed by atoms with E-state index in [-0.39, 0.29) is 11.9 Å². The fraction of sp³-hybridized carbons (Fsp3) is 0.500. The number of rotatable bonds is 4. The molecule has 1 aromatic carbocycles. The number of H-pyrrole nitrogens is 1. The van der Waals surface area contributed by atoms with Gasteiger partial charge in [0.05, 0.1) is 6.20 Å². The second-order valence-corrected chi connectivity index (χ2v) is 9.02. The third-order valence-corrected chi connectivity index (χ3v) is 7.14. The number of ether oxygens (including phenoxy) is 1. The lowest BCUT2D eigenvalue weighted by atomic mass is 9.91. The number of amides is 1. The molecular weight excluding hydrogens is 376 g/mol. The van der Waals surface area contributed by atoms with Gasteiger partial charge in [-0.05, 0) is 68.7 Å². The summed E-state index contributed by atoms with van der Waals surface area (Å²) >= 11 is 0. The van der Waals surface area contributed by atoms with E-state index in [2.05, 4.69) is 38.0 Å². The lowest BCUT2D eigenvalue weighted by molar-refractivity contribution is 0.0644. The van der Waals surface area contributed by atoms with Crippen LogP contribution in [-0.2, 0) is 17.6 Å². The van der Waals surface area contributed by atoms with Crippen molar-refractivity contribution in [2.75, 3.05) is 13.2 Å². The third kappa shape index (κ3) is 3.05. The van der Waals surface area contributed by atoms with Crippen LogP contribution >= 0.6 is 0 Å². The molecule has 2 aromatic heterocycles. The molecule has 3 aromatic rings. The van der Waals surface area contributed by atoms with E-state index in [1.807, 2.05) is 18.3 Å². The maximum absolute atomic E-state index is 13.8. The zero-order valence-electron chi connectivity index (χ0n) is 17.2. The number of aromatic amines is 1. The van der Waals surface area contributed by atoms with Crippen molar-refractivity contribution in [3.8, 4) is 0 Å². The summed E-state index contributed by atoms with van der Waals surface area (Å²) in [6, 6.07) is 9.47. The highest BCUT2D eigenvalue weighted by Crippen LogP contribution is 2.36. The standard InChI is InChI=1S/C24H28N4O2/c29-24(28(18-4-5-18)19-6-7-22-16(14-19)15-25-26-22)21-2-1-3-23-20(21)8-11-27(23)17-9-12-30-13-10-17/h1-3,8,11,15,17-19H,4-7,9-10,12-14H2,(H,25,26). The largest absolute Gasteiger partial charge is 0.381 e. The van der Waals surface area contributed by atoms with Gasteiger partial charge in [-0.15, -0.1) is 0 Å². The first-order chi connectivity index (χ1) is 14.8. The molecule has 1 aliphatic heterocycles. The van der Waals surface area contributed by atoms with E-state index in [0.29, 0.717) is 12.1 Å². The number of carbonyl (C=O) groups excluding carboxylic acids is 1. The van der Waals surface area contributed by atoms with Gasteiger partial charge in [0.2, 0.25) is 0 Å². The molecule has 1 N–H and O–H groups in total. The maximum Gasteiger partial charge on any atom is 0.255 e. The highest BCUT2D eigenvalue weighted by Gasteiger charge is 2.39. The van der Waals surface area contributed by atoms with E-state index in [0.717, 1.165) is 69.1 Å². The molecule has 2 aliphatic carbocycles. The quantitative estimate of drug-likeness (QED) is 0.718. The molecule has 6 heteroatoms. The molecule has 0 bridgehead atoms. The molecule has 1 unspecified atom stereocenters. The minimum atomic E-state index is 0.199. The Balaban J connectivity index is 1.33. The Morgan fingerprint density at radius 3 is 2.80 bits per heavy atom. The van der Waals surface area contributed by atoms with Gasteiger partial charge >= 0.3 is 0 Å². The summed E-state index contributed by atoms with van der Waals surface area (Å²) in [5.41, 5.74) is 4.53. The first kappa shape index (κ1) is 18.2. The number of hydrogen-bond donors (Lipinski definition) is 1. The van der Waals surface area contributed by atoms with Crippen LogP contribution < -0.4 is 0 Å². The number of hydrogen-bond acceptors (Lipinski definition) is 3. The Labute approximate surface area is 176 Å². The topological polar surface area (TPSA) is 63.1 Å². The van der Waals surface area contributed by atoms with Crippen molar-refractivity contribution in [3.05, 3.63) is 53.5 Å². The molecular formula is C24H28N4O2. The van der Waals surface area contributed by atoms with Gasteiger partial charge in [0, 0.05) is 59.7 Å². The van der Waals surface area contributed by atoms with Crippen LogP contribution in [0, 0.1) is 0 Å². The van der Waals surface area contributed by atoms with Gasteiger partial charge in [-0.1, -0.05) is 6.07 Å². The Bertz CT molecular complexity index is 1070. The number of fused-ring (bicyclic) bond motifs is 2. The van der Waals surface area contributed by atoms with Crippen molar-refractivity contribution >= 4 is 16.8 Å². The van der Waals surface area contributed by atoms with Crippen LogP contribution in [0.25, 0.3) is 10.9 Å². The molecule has 1 saturated heterocycles. The highest BCUT2D eigenvalue weighted by atomic mass is 16.5. The van der Waals surface area contributed by atoms with Crippen LogP contribution in [0.2, 0.25) is 0 Å². The van der Waals surface area contributed by atoms with Gasteiger partial charge in [-0.2, -0.15) is 5.10 Å². The molecule has 0 radical (unpaired) electrons. The first-order valence-corrected chi connectivity index (χ1v) is 11.3. The number of aromatic nitrogens is 3. The molecule has 30 heavy (non-hydrogen) atoms. The predicted octanol–water partition coefficient (Wildman–Crippen LogP) is 3.88. The number of carbonyl (C=O) groups is 1. The van der Waals surface area contributed by atoms with Crippen LogP contribution in [0.5, 0.6) is 0 Å². The molecule has 6 rings (SSSR count). The zero-order valence-corrected chi connectivity index (χ0v) is 17.2. The van der Waals surface area contributed by atoms with Crippen molar-refractivity contribution in [1.29, 1.82) is 0 Å². The summed E-state index contributed by atoms with van der Waals surface area (Å²) in [6.07, 6.45) is 11.3. The summed E-state index contributed by atoms with van der Waals surface area (Å²) in [7, 11) is 0. The number of nitrogens with zero attached hydrogens (tertiary/aromatic N) is 3. The number of benzene rings is 1. The second kappa shape index (κ2) is 7.27. The number of aryl methyl sites for hydroxylation is 1. The highest BCUT2D eigenvalue weighted by molar-refractivity contribution is 6.07. The summed E-state index contributed by atoms with van der Waals surface area (Å²) < 4.78 is 7.90. The van der Waals surface area contributed by atoms with Gasteiger partial charge < -0.3 is 14.2 Å². The molecule has 3 heterocycles. The van der Waals surface area contributed by atoms with E-state index in [1.165, 1.54) is 16.8 Å². The van der Waals surface area contributed by atoms with Gasteiger partial charge in [-0.25, -0.2) is 0 Å². The van der Waals surface area contributed by atoms with E-state index in [9.17, 15) is 4.79 Å². The average molecular weight is 405 g/mol. The van der Waals surface area contributed by atoms with Gasteiger partial charge in [-0.3, -0.25) is 9.89 Å². The van der Waals surface area contributed by atoms with E-state index >= 15 is 0 Å². The van der Waals surface area contributed by atoms with Crippen LogP contribution in [0.4, 0.5) is 0 Å². The van der Waals surface area contributed by atoms with Crippen molar-refractivity contribution in [1.82, 2.24) is 19.7 Å². The predicted molar refractivity (Wildman–Crippen MR) is 115 cm³/mol. The molecule has 156 valence electrons. The zero-order chi connectivity index (χ0) is 20.1. The van der Waals surface area contributed by atoms with Crippen molar-refractivity contribution in [3.63, 3.8) is 0 Å². The summed E-state index contributed by atoms with van der Waals surface area (Å²) in [5.74, 6) is 0.199. The minimum absolute atomic E-state index is 0.199. The molecule has 2 fully saturated rings. The lowest BCUT2D eigenvalue weighted by Crippen LogP contribution is -2.44. The molecule has 6 nitrogen and oxygen atoms in total. The van der Waals surface area contributed by atoms with E-state index in [4.69, 9.17) is 4.74 Å². The SMILES string of the molecule is O=C(c1cccc2c1ccn2C1CCOCC1)N(C1CC1)C1CCc2[nH]ncc2C1. The average Bonchev–Trinajstić information content (AvgIpc) is 3.34. The van der Waals surface area contributed by atoms with Crippen molar-refractivity contribution in [2.45, 2.75) is 63.1 Å². The second-order valence-electron chi connectivity index (χ2n) is 9.02. The molecule has 1 amide bonds. The molecule has 3 aliphatic rings. The first-order valence-electron chi connectivity index (χ1n) is 11.3. The Morgan fingerprint density at radius 2 is 1.97 bits per heavy atom. The normalized spacial score (nSPS) is 22.2. The lowest BCUT2D eigenvalue weighted by Gasteiger charge is -2.34. The number of nitrogens with one attached hydrogen (secondary N) is 1. The minimum Gasteiger partial charge on any atom is -0.381 e. The van der Waals surface area contributed by atoms with Crippen LogP contribution in [0.15, 0.2) is 36.7 Å². The summed E-state index contributed by atoms with van der Waals surface area (Å²) in [4.78, 5) is 16.1. The van der Waals surface area contributed by atoms with Crippen molar-refractivity contribution < 1.29 is 9.53 Å². The summed E-state index contributed by atoms with van der Waals surface area (Å²) in [5, 5.41) is 8.41. The Kier molecular flexibility index (Phi) is 4.41. The van der Waals surface area contributed by atoms with E-state index in [1.54, 1.807) is 0 Å². The fourth-order valence-corrected chi connectivity index (χ4v) is 5.41. The third-order valence-electron chi connectivity index (χ3n) is 7.14. The van der Waals surface area contributed by atoms with Crippen LogP contribution in [0.1, 0.15) is 59.8 Å². The fourth-order valence-electron chi connectivity index (χ4n) is 5.41. The van der Waals surface area contributed by atoms with Crippen LogP contribution in [-0.4, -0.2) is 50.9 Å². The van der Waals surface area contributed by atoms with Crippen LogP contribution in [0.3, 0.4) is 0 Å². The Hall–Kier alpha value is -2.60. The van der Waals surface area contributed by atoms with Gasteiger partial charge in [0.15, 0.2) is 0 Å². The van der Waals surface area contributed by atoms with E-state index < -0.39 is 0 Å². The molecule has 1 saturated carbocycles. The molecule has 0 spiro atoms. The monoisotopic (exact) mass is 404 g/mol. The molecule has 1 atom stereocenters. The maximum atomic E-state index is 13.8. The Morgan fingerprint density at radius 1 is 1.10 bits per heavy atom. The van der Waals surface area contributed by atoms with Gasteiger partial charge in [0.25, 0.3) is 5.91 Å². The van der Waals surface area contributed by atoms with Crippen molar-refractivity contribution in [2.24, 2.45) is 0 Å². The van der Waals surface area contributed by atoms with Gasteiger partial charge in [0.1, 0.15) is 0 Å².